The molecule has 0 bridgehead atoms. The van der Waals surface area contributed by atoms with Gasteiger partial charge in [0.25, 0.3) is 0 Å². The molecule has 0 saturated heterocycles. The molecule has 82 heavy (non-hydrogen) atoms. The Morgan fingerprint density at radius 1 is 0.244 bits per heavy atom. The molecule has 0 aliphatic carbocycles. The van der Waals surface area contributed by atoms with Crippen LogP contribution in [0.4, 0.5) is 0 Å². The zero-order valence-electron chi connectivity index (χ0n) is 44.0. The lowest BCUT2D eigenvalue weighted by Crippen LogP contribution is -2.04. The number of hydrogen-bond donors (Lipinski definition) is 0. The molecule has 12 aromatic carbocycles. The Balaban J connectivity index is 0.958. The minimum atomic E-state index is 0.544. The molecule has 0 unspecified atom stereocenters. The van der Waals surface area contributed by atoms with E-state index in [0.29, 0.717) is 17.5 Å². The summed E-state index contributed by atoms with van der Waals surface area (Å²) in [6.07, 6.45) is 0. The van der Waals surface area contributed by atoms with Gasteiger partial charge in [0.15, 0.2) is 17.5 Å². The molecule has 0 aliphatic heterocycles. The summed E-state index contributed by atoms with van der Waals surface area (Å²) in [5.74, 6) is 1.64. The van der Waals surface area contributed by atoms with Gasteiger partial charge in [-0.1, -0.05) is 200 Å². The summed E-state index contributed by atoms with van der Waals surface area (Å²) in [5, 5.41) is 8.69. The van der Waals surface area contributed by atoms with Gasteiger partial charge in [0.1, 0.15) is 22.3 Å². The number of rotatable bonds is 8. The van der Waals surface area contributed by atoms with E-state index in [-0.39, 0.29) is 0 Å². The van der Waals surface area contributed by atoms with Crippen molar-refractivity contribution in [1.29, 1.82) is 0 Å². The summed E-state index contributed by atoms with van der Waals surface area (Å²) in [6.45, 7) is 0. The molecule has 17 aromatic rings. The van der Waals surface area contributed by atoms with Crippen molar-refractivity contribution < 1.29 is 8.83 Å². The fourth-order valence-corrected chi connectivity index (χ4v) is 12.8. The van der Waals surface area contributed by atoms with E-state index in [2.05, 4.69) is 252 Å². The van der Waals surface area contributed by atoms with E-state index in [4.69, 9.17) is 23.8 Å². The average molecular weight is 1050 g/mol. The van der Waals surface area contributed by atoms with Gasteiger partial charge in [0, 0.05) is 70.9 Å². The van der Waals surface area contributed by atoms with Gasteiger partial charge >= 0.3 is 0 Å². The van der Waals surface area contributed by atoms with Crippen molar-refractivity contribution in [3.63, 3.8) is 0 Å². The van der Waals surface area contributed by atoms with Crippen LogP contribution in [0.1, 0.15) is 0 Å². The third-order valence-corrected chi connectivity index (χ3v) is 16.4. The zero-order valence-corrected chi connectivity index (χ0v) is 44.0. The quantitative estimate of drug-likeness (QED) is 0.152. The maximum Gasteiger partial charge on any atom is 0.166 e. The third-order valence-electron chi connectivity index (χ3n) is 16.4. The first-order chi connectivity index (χ1) is 40.7. The molecular formula is C75H45N5O2. The van der Waals surface area contributed by atoms with Gasteiger partial charge in [-0.2, -0.15) is 0 Å². The number of aromatic nitrogens is 5. The first kappa shape index (κ1) is 45.8. The maximum absolute atomic E-state index is 6.38. The number of para-hydroxylation sites is 7. The highest BCUT2D eigenvalue weighted by molar-refractivity contribution is 6.17. The van der Waals surface area contributed by atoms with Crippen molar-refractivity contribution in [3.8, 4) is 78.9 Å². The van der Waals surface area contributed by atoms with Gasteiger partial charge in [-0.05, 0) is 95.1 Å². The minimum absolute atomic E-state index is 0.544. The van der Waals surface area contributed by atoms with E-state index in [1.54, 1.807) is 0 Å². The van der Waals surface area contributed by atoms with Crippen LogP contribution in [0.25, 0.3) is 166 Å². The Morgan fingerprint density at radius 3 is 1.38 bits per heavy atom. The van der Waals surface area contributed by atoms with Gasteiger partial charge in [0.05, 0.1) is 33.4 Å². The van der Waals surface area contributed by atoms with E-state index in [1.165, 1.54) is 5.39 Å². The SMILES string of the molecule is c1ccc(-c2ccccc2-n2c3ccccc3c3cccc(-n4c5ccccc5c5cccc(-c6nc(-c7ccc8oc9ccccc9c8c7)nc(-c7cccc(-c8ccc9oc%10ccccc%10c9c8)c7-c7ccccc7)n6)c54)c32)cc1. The molecule has 17 rings (SSSR count). The first-order valence-electron chi connectivity index (χ1n) is 27.7. The average Bonchev–Trinajstić information content (AvgIpc) is 4.49. The summed E-state index contributed by atoms with van der Waals surface area (Å²) in [4.78, 5) is 16.8. The largest absolute Gasteiger partial charge is 0.456 e. The molecule has 382 valence electrons. The van der Waals surface area contributed by atoms with Crippen molar-refractivity contribution in [2.45, 2.75) is 0 Å². The molecule has 0 fully saturated rings. The van der Waals surface area contributed by atoms with Gasteiger partial charge in [0.2, 0.25) is 0 Å². The van der Waals surface area contributed by atoms with Crippen molar-refractivity contribution in [1.82, 2.24) is 24.1 Å². The maximum atomic E-state index is 6.38. The standard InChI is InChI=1S/C75H45N5O2/c1-3-20-46(21-4-1)50-24-7-12-34-62(50)79-63-35-13-9-26-53(63)57-31-19-37-65(72(57)79)80-64-36-14-8-25-52(64)56-30-18-33-59(71(56)80)75-77-73(49-41-43-69-61(45-49)55-28-11-16-39-67(55)82-69)76-74(78-75)58-32-17-29-51(70(58)47-22-5-2-6-23-47)48-40-42-68-60(44-48)54-27-10-15-38-66(54)81-68/h1-45H. The Labute approximate surface area is 469 Å². The Bertz CT molecular complexity index is 5420. The number of fused-ring (bicyclic) bond motifs is 12. The van der Waals surface area contributed by atoms with Crippen molar-refractivity contribution in [2.75, 3.05) is 0 Å². The van der Waals surface area contributed by atoms with E-state index < -0.39 is 0 Å². The number of benzene rings is 12. The van der Waals surface area contributed by atoms with Crippen LogP contribution in [0.3, 0.4) is 0 Å². The second kappa shape index (κ2) is 18.2. The van der Waals surface area contributed by atoms with Crippen LogP contribution >= 0.6 is 0 Å². The Hall–Kier alpha value is -11.2. The fourth-order valence-electron chi connectivity index (χ4n) is 12.8. The van der Waals surface area contributed by atoms with Crippen LogP contribution in [-0.4, -0.2) is 24.1 Å². The number of furan rings is 2. The fraction of sp³-hybridized carbons (Fsp3) is 0. The molecule has 0 spiro atoms. The van der Waals surface area contributed by atoms with Crippen LogP contribution in [0, 0.1) is 0 Å². The second-order valence-corrected chi connectivity index (χ2v) is 21.0. The predicted octanol–water partition coefficient (Wildman–Crippen LogP) is 19.9. The van der Waals surface area contributed by atoms with Crippen LogP contribution in [0.15, 0.2) is 282 Å². The lowest BCUT2D eigenvalue weighted by molar-refractivity contribution is 0.668. The third kappa shape index (κ3) is 7.06. The van der Waals surface area contributed by atoms with Crippen molar-refractivity contribution >= 4 is 87.5 Å². The molecular weight excluding hydrogens is 1000 g/mol. The summed E-state index contributed by atoms with van der Waals surface area (Å²) in [6, 6.07) is 96.5. The van der Waals surface area contributed by atoms with E-state index >= 15 is 0 Å². The first-order valence-corrected chi connectivity index (χ1v) is 27.7. The topological polar surface area (TPSA) is 74.8 Å². The molecule has 0 saturated carbocycles. The summed E-state index contributed by atoms with van der Waals surface area (Å²) >= 11 is 0. The van der Waals surface area contributed by atoms with E-state index in [0.717, 1.165) is 144 Å². The van der Waals surface area contributed by atoms with Gasteiger partial charge < -0.3 is 18.0 Å². The van der Waals surface area contributed by atoms with E-state index in [9.17, 15) is 0 Å². The molecule has 0 radical (unpaired) electrons. The zero-order chi connectivity index (χ0) is 53.8. The van der Waals surface area contributed by atoms with Crippen LogP contribution < -0.4 is 0 Å². The van der Waals surface area contributed by atoms with Gasteiger partial charge in [-0.3, -0.25) is 0 Å². The number of nitrogens with zero attached hydrogens (tertiary/aromatic N) is 5. The molecule has 0 atom stereocenters. The van der Waals surface area contributed by atoms with Crippen molar-refractivity contribution in [2.24, 2.45) is 0 Å². The number of hydrogen-bond acceptors (Lipinski definition) is 5. The Kier molecular flexibility index (Phi) is 10.2. The minimum Gasteiger partial charge on any atom is -0.456 e. The Morgan fingerprint density at radius 2 is 0.683 bits per heavy atom. The van der Waals surface area contributed by atoms with Gasteiger partial charge in [-0.25, -0.2) is 15.0 Å². The summed E-state index contributed by atoms with van der Waals surface area (Å²) in [5.41, 5.74) is 18.8. The van der Waals surface area contributed by atoms with Crippen LogP contribution in [0.5, 0.6) is 0 Å². The molecule has 5 aromatic heterocycles. The highest BCUT2D eigenvalue weighted by Crippen LogP contribution is 2.46. The van der Waals surface area contributed by atoms with E-state index in [1.807, 2.05) is 30.3 Å². The lowest BCUT2D eigenvalue weighted by atomic mass is 9.89. The molecule has 0 amide bonds. The van der Waals surface area contributed by atoms with Crippen molar-refractivity contribution in [3.05, 3.63) is 273 Å². The van der Waals surface area contributed by atoms with Crippen LogP contribution in [-0.2, 0) is 0 Å². The smallest absolute Gasteiger partial charge is 0.166 e. The molecule has 0 N–H and O–H groups in total. The van der Waals surface area contributed by atoms with Crippen LogP contribution in [0.2, 0.25) is 0 Å². The molecule has 0 aliphatic rings. The monoisotopic (exact) mass is 1050 g/mol. The normalized spacial score (nSPS) is 11.9. The summed E-state index contributed by atoms with van der Waals surface area (Å²) in [7, 11) is 0. The predicted molar refractivity (Wildman–Crippen MR) is 336 cm³/mol. The highest BCUT2D eigenvalue weighted by atomic mass is 16.3. The molecule has 7 heteroatoms. The van der Waals surface area contributed by atoms with Gasteiger partial charge in [-0.15, -0.1) is 0 Å². The summed E-state index contributed by atoms with van der Waals surface area (Å²) < 4.78 is 17.6. The molecule has 5 heterocycles. The second-order valence-electron chi connectivity index (χ2n) is 21.0. The molecule has 7 nitrogen and oxygen atoms in total. The highest BCUT2D eigenvalue weighted by Gasteiger charge is 2.26. The lowest BCUT2D eigenvalue weighted by Gasteiger charge is -2.18.